The molecular formula is C21H34IN7. The van der Waals surface area contributed by atoms with E-state index in [-0.39, 0.29) is 24.0 Å². The number of aryl methyl sites for hydroxylation is 1. The number of nitrogens with one attached hydrogen (secondary N) is 2. The summed E-state index contributed by atoms with van der Waals surface area (Å²) in [6, 6.07) is 8.83. The molecule has 0 unspecified atom stereocenters. The number of aromatic nitrogens is 3. The maximum atomic E-state index is 4.74. The highest BCUT2D eigenvalue weighted by Crippen LogP contribution is 2.14. The summed E-state index contributed by atoms with van der Waals surface area (Å²) in [5, 5.41) is 10.7. The number of guanidine groups is 1. The lowest BCUT2D eigenvalue weighted by molar-refractivity contribution is 0.277. The van der Waals surface area contributed by atoms with Gasteiger partial charge in [0.2, 0.25) is 0 Å². The van der Waals surface area contributed by atoms with Crippen molar-refractivity contribution in [2.45, 2.75) is 52.2 Å². The van der Waals surface area contributed by atoms with Gasteiger partial charge in [0.05, 0.1) is 13.1 Å². The number of hydrogen-bond donors (Lipinski definition) is 2. The minimum absolute atomic E-state index is 0. The summed E-state index contributed by atoms with van der Waals surface area (Å²) in [5.74, 6) is 1.67. The zero-order valence-corrected chi connectivity index (χ0v) is 19.9. The largest absolute Gasteiger partial charge is 0.357 e. The molecule has 29 heavy (non-hydrogen) atoms. The van der Waals surface area contributed by atoms with Gasteiger partial charge in [0.25, 0.3) is 0 Å². The first-order valence-electron chi connectivity index (χ1n) is 10.4. The second kappa shape index (κ2) is 12.8. The molecular weight excluding hydrogens is 477 g/mol. The molecule has 2 aromatic rings. The van der Waals surface area contributed by atoms with Crippen LogP contribution in [0, 0.1) is 0 Å². The second-order valence-electron chi connectivity index (χ2n) is 7.36. The van der Waals surface area contributed by atoms with Crippen LogP contribution in [0.1, 0.15) is 49.6 Å². The van der Waals surface area contributed by atoms with Crippen LogP contribution in [0.4, 0.5) is 0 Å². The van der Waals surface area contributed by atoms with Crippen LogP contribution in [0.15, 0.2) is 35.6 Å². The van der Waals surface area contributed by atoms with Crippen molar-refractivity contribution in [2.24, 2.45) is 12.0 Å². The summed E-state index contributed by atoms with van der Waals surface area (Å²) >= 11 is 0. The standard InChI is InChI=1S/C21H33N7.HI/c1-3-22-21(24-15-20-25-17-26-27(20)2)23-14-18-9-8-10-19(13-18)16-28-11-6-4-5-7-12-28;/h8-10,13,17H,3-7,11-12,14-16H2,1-2H3,(H2,22,23,24);1H. The molecule has 0 amide bonds. The normalized spacial score (nSPS) is 15.4. The number of aliphatic imine (C=N–C) groups is 1. The van der Waals surface area contributed by atoms with Crippen LogP contribution in [0.25, 0.3) is 0 Å². The number of hydrogen-bond acceptors (Lipinski definition) is 4. The van der Waals surface area contributed by atoms with Crippen LogP contribution in [0.5, 0.6) is 0 Å². The fourth-order valence-electron chi connectivity index (χ4n) is 3.53. The van der Waals surface area contributed by atoms with E-state index in [2.05, 4.69) is 56.8 Å². The summed E-state index contributed by atoms with van der Waals surface area (Å²) in [6.45, 7) is 7.63. The quantitative estimate of drug-likeness (QED) is 0.340. The van der Waals surface area contributed by atoms with Gasteiger partial charge in [0.15, 0.2) is 5.96 Å². The Morgan fingerprint density at radius 3 is 2.55 bits per heavy atom. The van der Waals surface area contributed by atoms with Crippen molar-refractivity contribution in [3.8, 4) is 0 Å². The maximum absolute atomic E-state index is 4.74. The molecule has 1 fully saturated rings. The average Bonchev–Trinajstić information content (AvgIpc) is 2.94. The monoisotopic (exact) mass is 511 g/mol. The molecule has 0 atom stereocenters. The van der Waals surface area contributed by atoms with Gasteiger partial charge >= 0.3 is 0 Å². The third-order valence-electron chi connectivity index (χ3n) is 5.08. The molecule has 1 aliphatic heterocycles. The Kier molecular flexibility index (Phi) is 10.4. The van der Waals surface area contributed by atoms with Gasteiger partial charge in [-0.25, -0.2) is 9.98 Å². The maximum Gasteiger partial charge on any atom is 0.191 e. The Bertz CT molecular complexity index is 751. The molecule has 0 bridgehead atoms. The summed E-state index contributed by atoms with van der Waals surface area (Å²) < 4.78 is 1.77. The summed E-state index contributed by atoms with van der Waals surface area (Å²) in [7, 11) is 1.89. The highest BCUT2D eigenvalue weighted by atomic mass is 127. The van der Waals surface area contributed by atoms with Crippen LogP contribution >= 0.6 is 24.0 Å². The van der Waals surface area contributed by atoms with Crippen LogP contribution in [0.2, 0.25) is 0 Å². The van der Waals surface area contributed by atoms with E-state index in [1.54, 1.807) is 11.0 Å². The predicted molar refractivity (Wildman–Crippen MR) is 128 cm³/mol. The van der Waals surface area contributed by atoms with Gasteiger partial charge in [-0.05, 0) is 44.0 Å². The van der Waals surface area contributed by atoms with E-state index < -0.39 is 0 Å². The van der Waals surface area contributed by atoms with Gasteiger partial charge in [0, 0.05) is 20.1 Å². The van der Waals surface area contributed by atoms with Gasteiger partial charge in [0.1, 0.15) is 12.2 Å². The smallest absolute Gasteiger partial charge is 0.191 e. The third kappa shape index (κ3) is 7.93. The molecule has 0 spiro atoms. The predicted octanol–water partition coefficient (Wildman–Crippen LogP) is 3.06. The van der Waals surface area contributed by atoms with E-state index in [1.807, 2.05) is 7.05 Å². The first-order chi connectivity index (χ1) is 13.7. The summed E-state index contributed by atoms with van der Waals surface area (Å²) in [5.41, 5.74) is 2.62. The molecule has 7 nitrogen and oxygen atoms in total. The molecule has 3 rings (SSSR count). The third-order valence-corrected chi connectivity index (χ3v) is 5.08. The SMILES string of the molecule is CCNC(=NCc1cccc(CN2CCCCCC2)c1)NCc1ncnn1C.I. The van der Waals surface area contributed by atoms with E-state index >= 15 is 0 Å². The molecule has 0 aliphatic carbocycles. The lowest BCUT2D eigenvalue weighted by Crippen LogP contribution is -2.37. The molecule has 1 saturated heterocycles. The first kappa shape index (κ1) is 23.6. The molecule has 2 N–H and O–H groups in total. The van der Waals surface area contributed by atoms with Crippen LogP contribution < -0.4 is 10.6 Å². The first-order valence-corrected chi connectivity index (χ1v) is 10.4. The minimum atomic E-state index is 0. The number of halogens is 1. The Morgan fingerprint density at radius 2 is 1.86 bits per heavy atom. The highest BCUT2D eigenvalue weighted by Gasteiger charge is 2.09. The molecule has 160 valence electrons. The molecule has 0 radical (unpaired) electrons. The molecule has 1 aromatic carbocycles. The van der Waals surface area contributed by atoms with Crippen molar-refractivity contribution in [3.63, 3.8) is 0 Å². The number of likely N-dealkylation sites (tertiary alicyclic amines) is 1. The fraction of sp³-hybridized carbons (Fsp3) is 0.571. The molecule has 0 saturated carbocycles. The summed E-state index contributed by atoms with van der Waals surface area (Å²) in [6.07, 6.45) is 6.97. The van der Waals surface area contributed by atoms with E-state index in [1.165, 1.54) is 49.9 Å². The Morgan fingerprint density at radius 1 is 1.10 bits per heavy atom. The van der Waals surface area contributed by atoms with E-state index in [0.717, 1.165) is 24.9 Å². The van der Waals surface area contributed by atoms with Crippen molar-refractivity contribution >= 4 is 29.9 Å². The lowest BCUT2D eigenvalue weighted by Gasteiger charge is -2.20. The zero-order valence-electron chi connectivity index (χ0n) is 17.6. The van der Waals surface area contributed by atoms with E-state index in [9.17, 15) is 0 Å². The van der Waals surface area contributed by atoms with Gasteiger partial charge < -0.3 is 10.6 Å². The molecule has 8 heteroatoms. The van der Waals surface area contributed by atoms with Crippen molar-refractivity contribution in [2.75, 3.05) is 19.6 Å². The Labute approximate surface area is 191 Å². The lowest BCUT2D eigenvalue weighted by atomic mass is 10.1. The van der Waals surface area contributed by atoms with Gasteiger partial charge in [-0.2, -0.15) is 5.10 Å². The number of nitrogens with zero attached hydrogens (tertiary/aromatic N) is 5. The zero-order chi connectivity index (χ0) is 19.6. The summed E-state index contributed by atoms with van der Waals surface area (Å²) in [4.78, 5) is 11.6. The van der Waals surface area contributed by atoms with E-state index in [4.69, 9.17) is 4.99 Å². The number of benzene rings is 1. The van der Waals surface area contributed by atoms with Gasteiger partial charge in [-0.1, -0.05) is 37.1 Å². The molecule has 2 heterocycles. The minimum Gasteiger partial charge on any atom is -0.357 e. The highest BCUT2D eigenvalue weighted by molar-refractivity contribution is 14.0. The average molecular weight is 511 g/mol. The molecule has 1 aliphatic rings. The number of rotatable bonds is 7. The van der Waals surface area contributed by atoms with Crippen LogP contribution in [0.3, 0.4) is 0 Å². The second-order valence-corrected chi connectivity index (χ2v) is 7.36. The van der Waals surface area contributed by atoms with Gasteiger partial charge in [-0.15, -0.1) is 24.0 Å². The van der Waals surface area contributed by atoms with E-state index in [0.29, 0.717) is 13.1 Å². The van der Waals surface area contributed by atoms with Crippen LogP contribution in [-0.4, -0.2) is 45.3 Å². The van der Waals surface area contributed by atoms with Crippen LogP contribution in [-0.2, 0) is 26.7 Å². The Balaban J connectivity index is 0.00000300. The topological polar surface area (TPSA) is 70.4 Å². The van der Waals surface area contributed by atoms with Crippen molar-refractivity contribution in [3.05, 3.63) is 47.5 Å². The van der Waals surface area contributed by atoms with Gasteiger partial charge in [-0.3, -0.25) is 9.58 Å². The van der Waals surface area contributed by atoms with Crippen molar-refractivity contribution in [1.82, 2.24) is 30.3 Å². The van der Waals surface area contributed by atoms with Crippen molar-refractivity contribution < 1.29 is 0 Å². The Hall–Kier alpha value is -1.68. The molecule has 1 aromatic heterocycles. The van der Waals surface area contributed by atoms with Crippen molar-refractivity contribution in [1.29, 1.82) is 0 Å². The fourth-order valence-corrected chi connectivity index (χ4v) is 3.53.